The SMILES string of the molecule is O=C(C[C@@H]1CCNC1)NCCc1ccc(C(F)(F)F)cc1. The van der Waals surface area contributed by atoms with Crippen molar-refractivity contribution >= 4 is 5.91 Å². The monoisotopic (exact) mass is 300 g/mol. The molecule has 0 spiro atoms. The number of amides is 1. The molecule has 0 bridgehead atoms. The summed E-state index contributed by atoms with van der Waals surface area (Å²) in [5.74, 6) is 0.409. The van der Waals surface area contributed by atoms with E-state index in [1.165, 1.54) is 12.1 Å². The molecular formula is C15H19F3N2O. The van der Waals surface area contributed by atoms with Crippen LogP contribution in [-0.4, -0.2) is 25.5 Å². The Balaban J connectivity index is 1.71. The highest BCUT2D eigenvalue weighted by Gasteiger charge is 2.29. The third-order valence-electron chi connectivity index (χ3n) is 3.65. The molecule has 1 atom stereocenters. The van der Waals surface area contributed by atoms with Gasteiger partial charge in [0.15, 0.2) is 0 Å². The maximum absolute atomic E-state index is 12.4. The largest absolute Gasteiger partial charge is 0.416 e. The van der Waals surface area contributed by atoms with E-state index in [0.29, 0.717) is 25.3 Å². The Kier molecular flexibility index (Phi) is 5.22. The molecule has 1 heterocycles. The molecule has 1 aromatic carbocycles. The zero-order valence-electron chi connectivity index (χ0n) is 11.7. The molecule has 6 heteroatoms. The van der Waals surface area contributed by atoms with Crippen LogP contribution in [0, 0.1) is 5.92 Å². The molecule has 2 rings (SSSR count). The Morgan fingerprint density at radius 3 is 2.57 bits per heavy atom. The van der Waals surface area contributed by atoms with Gasteiger partial charge in [-0.25, -0.2) is 0 Å². The quantitative estimate of drug-likeness (QED) is 0.876. The minimum absolute atomic E-state index is 0.00983. The lowest BCUT2D eigenvalue weighted by molar-refractivity contribution is -0.137. The zero-order valence-corrected chi connectivity index (χ0v) is 11.7. The van der Waals surface area contributed by atoms with E-state index in [9.17, 15) is 18.0 Å². The van der Waals surface area contributed by atoms with Gasteiger partial charge in [-0.2, -0.15) is 13.2 Å². The van der Waals surface area contributed by atoms with Crippen molar-refractivity contribution in [2.45, 2.75) is 25.4 Å². The summed E-state index contributed by atoms with van der Waals surface area (Å²) in [7, 11) is 0. The summed E-state index contributed by atoms with van der Waals surface area (Å²) in [5, 5.41) is 6.02. The summed E-state index contributed by atoms with van der Waals surface area (Å²) in [6.45, 7) is 2.29. The van der Waals surface area contributed by atoms with Crippen LogP contribution in [-0.2, 0) is 17.4 Å². The van der Waals surface area contributed by atoms with Gasteiger partial charge in [0.25, 0.3) is 0 Å². The summed E-state index contributed by atoms with van der Waals surface area (Å²) in [4.78, 5) is 11.7. The normalized spacial score (nSPS) is 18.7. The van der Waals surface area contributed by atoms with Crippen LogP contribution in [0.3, 0.4) is 0 Å². The van der Waals surface area contributed by atoms with Crippen LogP contribution in [0.15, 0.2) is 24.3 Å². The number of carbonyl (C=O) groups excluding carboxylic acids is 1. The van der Waals surface area contributed by atoms with Crippen LogP contribution in [0.4, 0.5) is 13.2 Å². The molecule has 1 aromatic rings. The van der Waals surface area contributed by atoms with Crippen LogP contribution in [0.2, 0.25) is 0 Å². The lowest BCUT2D eigenvalue weighted by Crippen LogP contribution is -2.28. The number of halogens is 3. The lowest BCUT2D eigenvalue weighted by Gasteiger charge is -2.10. The fourth-order valence-electron chi connectivity index (χ4n) is 2.43. The molecule has 0 saturated carbocycles. The van der Waals surface area contributed by atoms with E-state index in [2.05, 4.69) is 10.6 Å². The summed E-state index contributed by atoms with van der Waals surface area (Å²) < 4.78 is 37.2. The van der Waals surface area contributed by atoms with E-state index in [0.717, 1.165) is 37.2 Å². The van der Waals surface area contributed by atoms with Crippen molar-refractivity contribution in [3.63, 3.8) is 0 Å². The first kappa shape index (κ1) is 15.8. The van der Waals surface area contributed by atoms with Gasteiger partial charge in [0.05, 0.1) is 5.56 Å². The fourth-order valence-corrected chi connectivity index (χ4v) is 2.43. The number of benzene rings is 1. The van der Waals surface area contributed by atoms with Crippen LogP contribution in [0.5, 0.6) is 0 Å². The standard InChI is InChI=1S/C15H19F3N2O/c16-15(17,18)13-3-1-11(2-4-13)6-8-20-14(21)9-12-5-7-19-10-12/h1-4,12,19H,5-10H2,(H,20,21)/t12-/m0/s1. The predicted molar refractivity (Wildman–Crippen MR) is 73.8 cm³/mol. The highest BCUT2D eigenvalue weighted by atomic mass is 19.4. The molecule has 1 amide bonds. The lowest BCUT2D eigenvalue weighted by atomic mass is 10.0. The molecule has 0 aliphatic carbocycles. The molecule has 2 N–H and O–H groups in total. The van der Waals surface area contributed by atoms with Crippen LogP contribution >= 0.6 is 0 Å². The van der Waals surface area contributed by atoms with E-state index in [-0.39, 0.29) is 5.91 Å². The first-order valence-corrected chi connectivity index (χ1v) is 7.08. The first-order valence-electron chi connectivity index (χ1n) is 7.08. The van der Waals surface area contributed by atoms with E-state index >= 15 is 0 Å². The number of hydrogen-bond acceptors (Lipinski definition) is 2. The fraction of sp³-hybridized carbons (Fsp3) is 0.533. The Labute approximate surface area is 121 Å². The number of carbonyl (C=O) groups is 1. The third-order valence-corrected chi connectivity index (χ3v) is 3.65. The molecule has 21 heavy (non-hydrogen) atoms. The second-order valence-corrected chi connectivity index (χ2v) is 5.36. The summed E-state index contributed by atoms with van der Waals surface area (Å²) in [5.41, 5.74) is 0.134. The van der Waals surface area contributed by atoms with Crippen LogP contribution in [0.1, 0.15) is 24.0 Å². The van der Waals surface area contributed by atoms with Gasteiger partial charge in [0.1, 0.15) is 0 Å². The summed E-state index contributed by atoms with van der Waals surface area (Å²) >= 11 is 0. The Bertz CT molecular complexity index is 465. The summed E-state index contributed by atoms with van der Waals surface area (Å²) in [6, 6.07) is 5.05. The predicted octanol–water partition coefficient (Wildman–Crippen LogP) is 2.36. The van der Waals surface area contributed by atoms with E-state index in [1.54, 1.807) is 0 Å². The molecule has 1 fully saturated rings. The van der Waals surface area contributed by atoms with E-state index < -0.39 is 11.7 Å². The van der Waals surface area contributed by atoms with Gasteiger partial charge in [-0.15, -0.1) is 0 Å². The van der Waals surface area contributed by atoms with Crippen molar-refractivity contribution in [3.05, 3.63) is 35.4 Å². The van der Waals surface area contributed by atoms with Crippen molar-refractivity contribution in [2.24, 2.45) is 5.92 Å². The van der Waals surface area contributed by atoms with Crippen molar-refractivity contribution < 1.29 is 18.0 Å². The highest BCUT2D eigenvalue weighted by Crippen LogP contribution is 2.29. The number of alkyl halides is 3. The minimum atomic E-state index is -4.30. The average molecular weight is 300 g/mol. The topological polar surface area (TPSA) is 41.1 Å². The number of hydrogen-bond donors (Lipinski definition) is 2. The van der Waals surface area contributed by atoms with Gasteiger partial charge in [-0.1, -0.05) is 12.1 Å². The Morgan fingerprint density at radius 2 is 2.00 bits per heavy atom. The van der Waals surface area contributed by atoms with Gasteiger partial charge in [-0.3, -0.25) is 4.79 Å². The van der Waals surface area contributed by atoms with Gasteiger partial charge in [0.2, 0.25) is 5.91 Å². The van der Waals surface area contributed by atoms with Crippen molar-refractivity contribution in [2.75, 3.05) is 19.6 Å². The van der Waals surface area contributed by atoms with Crippen molar-refractivity contribution in [3.8, 4) is 0 Å². The molecule has 1 aliphatic rings. The van der Waals surface area contributed by atoms with Crippen LogP contribution in [0.25, 0.3) is 0 Å². The second kappa shape index (κ2) is 6.93. The minimum Gasteiger partial charge on any atom is -0.356 e. The molecule has 1 saturated heterocycles. The Morgan fingerprint density at radius 1 is 1.29 bits per heavy atom. The molecule has 3 nitrogen and oxygen atoms in total. The van der Waals surface area contributed by atoms with Gasteiger partial charge in [-0.05, 0) is 49.5 Å². The van der Waals surface area contributed by atoms with Gasteiger partial charge < -0.3 is 10.6 Å². The highest BCUT2D eigenvalue weighted by molar-refractivity contribution is 5.76. The molecule has 1 aliphatic heterocycles. The van der Waals surface area contributed by atoms with Gasteiger partial charge in [0, 0.05) is 13.0 Å². The number of rotatable bonds is 5. The average Bonchev–Trinajstić information content (AvgIpc) is 2.91. The maximum Gasteiger partial charge on any atom is 0.416 e. The summed E-state index contributed by atoms with van der Waals surface area (Å²) in [6.07, 6.45) is -2.23. The second-order valence-electron chi connectivity index (χ2n) is 5.36. The Hall–Kier alpha value is -1.56. The zero-order chi connectivity index (χ0) is 15.3. The van der Waals surface area contributed by atoms with E-state index in [1.807, 2.05) is 0 Å². The number of nitrogens with one attached hydrogen (secondary N) is 2. The first-order chi connectivity index (χ1) is 9.95. The molecular weight excluding hydrogens is 281 g/mol. The smallest absolute Gasteiger partial charge is 0.356 e. The molecule has 0 aromatic heterocycles. The van der Waals surface area contributed by atoms with E-state index in [4.69, 9.17) is 0 Å². The third kappa shape index (κ3) is 5.04. The molecule has 0 radical (unpaired) electrons. The molecule has 116 valence electrons. The van der Waals surface area contributed by atoms with Gasteiger partial charge >= 0.3 is 6.18 Å². The van der Waals surface area contributed by atoms with Crippen molar-refractivity contribution in [1.82, 2.24) is 10.6 Å². The molecule has 0 unspecified atom stereocenters. The van der Waals surface area contributed by atoms with Crippen molar-refractivity contribution in [1.29, 1.82) is 0 Å². The maximum atomic E-state index is 12.4. The van der Waals surface area contributed by atoms with Crippen LogP contribution < -0.4 is 10.6 Å².